The lowest BCUT2D eigenvalue weighted by atomic mass is 10.1. The van der Waals surface area contributed by atoms with E-state index in [2.05, 4.69) is 47.1 Å². The Morgan fingerprint density at radius 3 is 2.80 bits per heavy atom. The second kappa shape index (κ2) is 9.64. The summed E-state index contributed by atoms with van der Waals surface area (Å²) in [6, 6.07) is 14.1. The molecule has 2 aliphatic heterocycles. The molecule has 0 N–H and O–H groups in total. The third kappa shape index (κ3) is 5.14. The normalized spacial score (nSPS) is 20.4. The molecule has 2 aromatic rings. The summed E-state index contributed by atoms with van der Waals surface area (Å²) in [6.45, 7) is 3.87. The number of hydrogen-bond acceptors (Lipinski definition) is 5. The molecule has 30 heavy (non-hydrogen) atoms. The summed E-state index contributed by atoms with van der Waals surface area (Å²) in [6.07, 6.45) is 3.99. The van der Waals surface area contributed by atoms with Crippen LogP contribution in [0.15, 0.2) is 51.8 Å². The summed E-state index contributed by atoms with van der Waals surface area (Å²) in [7, 11) is 0. The van der Waals surface area contributed by atoms with Crippen molar-refractivity contribution in [3.8, 4) is 5.75 Å². The molecule has 156 valence electrons. The highest BCUT2D eigenvalue weighted by molar-refractivity contribution is 9.10. The Kier molecular flexibility index (Phi) is 6.93. The van der Waals surface area contributed by atoms with Crippen LogP contribution in [-0.4, -0.2) is 34.4 Å². The zero-order chi connectivity index (χ0) is 21.1. The number of carbonyl (C=O) groups excluding carboxylic acids is 1. The first-order valence-corrected chi connectivity index (χ1v) is 11.9. The molecule has 0 aromatic heterocycles. The van der Waals surface area contributed by atoms with E-state index in [1.807, 2.05) is 24.3 Å². The van der Waals surface area contributed by atoms with Gasteiger partial charge in [-0.25, -0.2) is 0 Å². The largest absolute Gasteiger partial charge is 0.488 e. The van der Waals surface area contributed by atoms with Gasteiger partial charge in [-0.1, -0.05) is 59.9 Å². The van der Waals surface area contributed by atoms with Crippen molar-refractivity contribution in [2.24, 2.45) is 0 Å². The van der Waals surface area contributed by atoms with Gasteiger partial charge in [-0.15, -0.1) is 0 Å². The molecule has 2 fully saturated rings. The molecule has 0 aliphatic carbocycles. The fourth-order valence-electron chi connectivity index (χ4n) is 3.37. The minimum atomic E-state index is -0.0451. The van der Waals surface area contributed by atoms with E-state index in [4.69, 9.17) is 21.7 Å². The minimum Gasteiger partial charge on any atom is -0.488 e. The molecular formula is C23H22BrNO3S2. The van der Waals surface area contributed by atoms with Crippen LogP contribution in [0.5, 0.6) is 5.75 Å². The number of halogens is 1. The van der Waals surface area contributed by atoms with Crippen LogP contribution in [-0.2, 0) is 16.1 Å². The summed E-state index contributed by atoms with van der Waals surface area (Å²) in [5.74, 6) is 0.718. The molecule has 1 amide bonds. The smallest absolute Gasteiger partial charge is 0.266 e. The predicted octanol–water partition coefficient (Wildman–Crippen LogP) is 5.72. The van der Waals surface area contributed by atoms with Gasteiger partial charge in [-0.3, -0.25) is 9.69 Å². The van der Waals surface area contributed by atoms with E-state index < -0.39 is 0 Å². The third-order valence-electron chi connectivity index (χ3n) is 5.05. The Balaban J connectivity index is 1.42. The molecule has 0 spiro atoms. The highest BCUT2D eigenvalue weighted by atomic mass is 79.9. The number of thioether (sulfide) groups is 1. The lowest BCUT2D eigenvalue weighted by Crippen LogP contribution is -2.35. The Bertz CT molecular complexity index is 984. The van der Waals surface area contributed by atoms with E-state index in [1.54, 1.807) is 4.90 Å². The van der Waals surface area contributed by atoms with E-state index in [1.165, 1.54) is 17.3 Å². The number of rotatable bonds is 6. The molecule has 0 unspecified atom stereocenters. The number of thiocarbonyl (C=S) groups is 1. The van der Waals surface area contributed by atoms with Crippen LogP contribution < -0.4 is 4.74 Å². The molecule has 2 saturated heterocycles. The van der Waals surface area contributed by atoms with Crippen molar-refractivity contribution in [1.29, 1.82) is 0 Å². The van der Waals surface area contributed by atoms with Crippen molar-refractivity contribution in [2.45, 2.75) is 32.5 Å². The van der Waals surface area contributed by atoms with E-state index in [9.17, 15) is 4.79 Å². The van der Waals surface area contributed by atoms with Crippen LogP contribution in [0.1, 0.15) is 29.5 Å². The van der Waals surface area contributed by atoms with Gasteiger partial charge in [-0.05, 0) is 65.0 Å². The van der Waals surface area contributed by atoms with Crippen molar-refractivity contribution < 1.29 is 14.3 Å². The maximum Gasteiger partial charge on any atom is 0.266 e. The SMILES string of the molecule is Cc1ccc(COc2ccc(/C=C3\SC(=S)N(C[C@@H]4CCCO4)C3=O)cc2Br)cc1. The van der Waals surface area contributed by atoms with E-state index in [-0.39, 0.29) is 12.0 Å². The summed E-state index contributed by atoms with van der Waals surface area (Å²) in [4.78, 5) is 15.1. The second-order valence-corrected chi connectivity index (χ2v) is 9.92. The second-order valence-electron chi connectivity index (χ2n) is 7.39. The molecule has 4 nitrogen and oxygen atoms in total. The van der Waals surface area contributed by atoms with Crippen molar-refractivity contribution >= 4 is 56.2 Å². The molecular weight excluding hydrogens is 482 g/mol. The topological polar surface area (TPSA) is 38.8 Å². The summed E-state index contributed by atoms with van der Waals surface area (Å²) in [5.41, 5.74) is 3.26. The number of aryl methyl sites for hydroxylation is 1. The number of benzene rings is 2. The maximum atomic E-state index is 12.8. The zero-order valence-corrected chi connectivity index (χ0v) is 19.8. The first-order chi connectivity index (χ1) is 14.5. The minimum absolute atomic E-state index is 0.0451. The van der Waals surface area contributed by atoms with Gasteiger partial charge in [0.05, 0.1) is 22.0 Å². The Morgan fingerprint density at radius 2 is 2.10 bits per heavy atom. The molecule has 7 heteroatoms. The van der Waals surface area contributed by atoms with Crippen LogP contribution in [0.2, 0.25) is 0 Å². The van der Waals surface area contributed by atoms with Gasteiger partial charge in [0.15, 0.2) is 0 Å². The quantitative estimate of drug-likeness (QED) is 0.372. The summed E-state index contributed by atoms with van der Waals surface area (Å²) in [5, 5.41) is 0. The molecule has 4 rings (SSSR count). The summed E-state index contributed by atoms with van der Waals surface area (Å²) < 4.78 is 13.0. The molecule has 0 bridgehead atoms. The average Bonchev–Trinajstić information content (AvgIpc) is 3.33. The third-order valence-corrected chi connectivity index (χ3v) is 7.05. The Morgan fingerprint density at radius 1 is 1.30 bits per heavy atom. The Labute approximate surface area is 194 Å². The number of hydrogen-bond donors (Lipinski definition) is 0. The van der Waals surface area contributed by atoms with Crippen LogP contribution in [0.25, 0.3) is 6.08 Å². The van der Waals surface area contributed by atoms with Crippen LogP contribution in [0, 0.1) is 6.92 Å². The first-order valence-electron chi connectivity index (χ1n) is 9.84. The van der Waals surface area contributed by atoms with Gasteiger partial charge in [0.25, 0.3) is 5.91 Å². The van der Waals surface area contributed by atoms with E-state index in [0.29, 0.717) is 22.4 Å². The molecule has 2 aliphatic rings. The molecule has 1 atom stereocenters. The van der Waals surface area contributed by atoms with Crippen molar-refractivity contribution in [3.05, 3.63) is 68.5 Å². The predicted molar refractivity (Wildman–Crippen MR) is 129 cm³/mol. The summed E-state index contributed by atoms with van der Waals surface area (Å²) >= 11 is 10.3. The lowest BCUT2D eigenvalue weighted by Gasteiger charge is -2.18. The fraction of sp³-hybridized carbons (Fsp3) is 0.304. The van der Waals surface area contributed by atoms with Gasteiger partial charge in [0.2, 0.25) is 0 Å². The van der Waals surface area contributed by atoms with E-state index >= 15 is 0 Å². The first kappa shape index (κ1) is 21.6. The average molecular weight is 504 g/mol. The number of nitrogens with zero attached hydrogens (tertiary/aromatic N) is 1. The van der Waals surface area contributed by atoms with Crippen LogP contribution in [0.3, 0.4) is 0 Å². The lowest BCUT2D eigenvalue weighted by molar-refractivity contribution is -0.123. The van der Waals surface area contributed by atoms with Crippen LogP contribution >= 0.6 is 39.9 Å². The van der Waals surface area contributed by atoms with E-state index in [0.717, 1.165) is 40.8 Å². The van der Waals surface area contributed by atoms with Crippen molar-refractivity contribution in [3.63, 3.8) is 0 Å². The number of ether oxygens (including phenoxy) is 2. The fourth-order valence-corrected chi connectivity index (χ4v) is 5.16. The van der Waals surface area contributed by atoms with Gasteiger partial charge in [-0.2, -0.15) is 0 Å². The monoisotopic (exact) mass is 503 g/mol. The maximum absolute atomic E-state index is 12.8. The van der Waals surface area contributed by atoms with Crippen LogP contribution in [0.4, 0.5) is 0 Å². The molecule has 0 radical (unpaired) electrons. The van der Waals surface area contributed by atoms with Crippen molar-refractivity contribution in [2.75, 3.05) is 13.2 Å². The van der Waals surface area contributed by atoms with Gasteiger partial charge in [0.1, 0.15) is 16.7 Å². The highest BCUT2D eigenvalue weighted by Crippen LogP contribution is 2.35. The standard InChI is InChI=1S/C23H22BrNO3S2/c1-15-4-6-16(7-5-15)14-28-20-9-8-17(11-19(20)24)12-21-22(26)25(23(29)30-21)13-18-3-2-10-27-18/h4-9,11-12,18H,2-3,10,13-14H2,1H3/b21-12-/t18-/m0/s1. The molecule has 2 heterocycles. The zero-order valence-electron chi connectivity index (χ0n) is 16.6. The number of amides is 1. The highest BCUT2D eigenvalue weighted by Gasteiger charge is 2.34. The molecule has 2 aromatic carbocycles. The van der Waals surface area contributed by atoms with Crippen molar-refractivity contribution in [1.82, 2.24) is 4.90 Å². The molecule has 0 saturated carbocycles. The number of carbonyl (C=O) groups is 1. The van der Waals surface area contributed by atoms with Gasteiger partial charge >= 0.3 is 0 Å². The Hall–Kier alpha value is -1.67. The van der Waals surface area contributed by atoms with Gasteiger partial charge in [0, 0.05) is 6.61 Å². The van der Waals surface area contributed by atoms with Gasteiger partial charge < -0.3 is 9.47 Å².